The van der Waals surface area contributed by atoms with Crippen molar-refractivity contribution in [2.75, 3.05) is 26.3 Å². The van der Waals surface area contributed by atoms with Crippen molar-refractivity contribution in [2.45, 2.75) is 31.7 Å². The maximum atomic E-state index is 9.53. The van der Waals surface area contributed by atoms with Crippen molar-refractivity contribution >= 4 is 32.5 Å². The molecule has 152 valence electrons. The Kier molecular flexibility index (Phi) is 5.26. The summed E-state index contributed by atoms with van der Waals surface area (Å²) in [7, 11) is 0. The second-order valence-corrected chi connectivity index (χ2v) is 8.65. The molecule has 4 heterocycles. The summed E-state index contributed by atoms with van der Waals surface area (Å²) in [5.74, 6) is 0.892. The van der Waals surface area contributed by atoms with Gasteiger partial charge < -0.3 is 14.8 Å². The highest BCUT2D eigenvalue weighted by Crippen LogP contribution is 2.32. The van der Waals surface area contributed by atoms with Crippen molar-refractivity contribution in [1.82, 2.24) is 20.1 Å². The molecule has 0 aliphatic carbocycles. The third-order valence-corrected chi connectivity index (χ3v) is 6.76. The number of H-pyrrole nitrogens is 2. The summed E-state index contributed by atoms with van der Waals surface area (Å²) in [6, 6.07) is 10.7. The van der Waals surface area contributed by atoms with Gasteiger partial charge in [-0.25, -0.2) is 0 Å². The number of piperidine rings is 1. The van der Waals surface area contributed by atoms with Crippen LogP contribution in [0.2, 0.25) is 0 Å². The van der Waals surface area contributed by atoms with E-state index in [0.29, 0.717) is 12.6 Å². The molecule has 1 aliphatic heterocycles. The van der Waals surface area contributed by atoms with E-state index in [4.69, 9.17) is 4.74 Å². The summed E-state index contributed by atoms with van der Waals surface area (Å²) >= 11 is 1.70. The molecular formula is C22H26N4O2S. The topological polar surface area (TPSA) is 77.2 Å². The van der Waals surface area contributed by atoms with E-state index in [1.165, 1.54) is 17.5 Å². The average Bonchev–Trinajstić information content (AvgIpc) is 3.46. The Morgan fingerprint density at radius 1 is 1.21 bits per heavy atom. The number of hydrogen-bond acceptors (Lipinski definition) is 5. The number of nitrogens with zero attached hydrogens (tertiary/aromatic N) is 2. The van der Waals surface area contributed by atoms with Crippen molar-refractivity contribution in [3.8, 4) is 17.1 Å². The first kappa shape index (κ1) is 18.7. The fraction of sp³-hybridized carbons (Fsp3) is 0.409. The van der Waals surface area contributed by atoms with Gasteiger partial charge in [-0.1, -0.05) is 6.42 Å². The van der Waals surface area contributed by atoms with Crippen LogP contribution in [0.3, 0.4) is 0 Å². The van der Waals surface area contributed by atoms with E-state index in [2.05, 4.69) is 49.7 Å². The minimum absolute atomic E-state index is 0.265. The number of hydrogen-bond donors (Lipinski definition) is 3. The van der Waals surface area contributed by atoms with Crippen LogP contribution in [0.1, 0.15) is 25.7 Å². The van der Waals surface area contributed by atoms with Crippen molar-refractivity contribution in [2.24, 2.45) is 0 Å². The van der Waals surface area contributed by atoms with Gasteiger partial charge in [0.15, 0.2) is 0 Å². The standard InChI is InChI=1S/C22H26N4O2S/c27-14-16-4-1-2-8-26(16)9-3-10-28-17-5-6-18-15(12-17)13-20(23-18)21-22-19(24-25-21)7-11-29-22/h5-7,11-13,16,23,27H,1-4,8-10,14H2,(H,24,25). The smallest absolute Gasteiger partial charge is 0.126 e. The first-order chi connectivity index (χ1) is 14.3. The lowest BCUT2D eigenvalue weighted by Gasteiger charge is -2.34. The molecule has 1 atom stereocenters. The van der Waals surface area contributed by atoms with Gasteiger partial charge in [-0.05, 0) is 61.5 Å². The lowest BCUT2D eigenvalue weighted by Crippen LogP contribution is -2.42. The average molecular weight is 411 g/mol. The zero-order chi connectivity index (χ0) is 19.6. The molecule has 0 bridgehead atoms. The summed E-state index contributed by atoms with van der Waals surface area (Å²) < 4.78 is 7.18. The summed E-state index contributed by atoms with van der Waals surface area (Å²) in [5, 5.41) is 20.3. The van der Waals surface area contributed by atoms with Gasteiger partial charge in [0.2, 0.25) is 0 Å². The Hall–Kier alpha value is -2.35. The predicted octanol–water partition coefficient (Wildman–Crippen LogP) is 4.39. The highest BCUT2D eigenvalue weighted by molar-refractivity contribution is 7.17. The Labute approximate surface area is 173 Å². The van der Waals surface area contributed by atoms with Gasteiger partial charge >= 0.3 is 0 Å². The van der Waals surface area contributed by atoms with Crippen molar-refractivity contribution in [1.29, 1.82) is 0 Å². The molecular weight excluding hydrogens is 384 g/mol. The molecule has 5 rings (SSSR count). The maximum Gasteiger partial charge on any atom is 0.126 e. The Balaban J connectivity index is 1.23. The highest BCUT2D eigenvalue weighted by Gasteiger charge is 2.20. The van der Waals surface area contributed by atoms with E-state index in [1.807, 2.05) is 6.07 Å². The third-order valence-electron chi connectivity index (χ3n) is 5.83. The van der Waals surface area contributed by atoms with Crippen molar-refractivity contribution in [3.05, 3.63) is 35.7 Å². The van der Waals surface area contributed by atoms with Gasteiger partial charge in [0.25, 0.3) is 0 Å². The molecule has 4 aromatic rings. The Morgan fingerprint density at radius 3 is 3.10 bits per heavy atom. The van der Waals surface area contributed by atoms with E-state index >= 15 is 0 Å². The number of aliphatic hydroxyl groups excluding tert-OH is 1. The predicted molar refractivity (Wildman–Crippen MR) is 118 cm³/mol. The normalized spacial score (nSPS) is 18.0. The second-order valence-electron chi connectivity index (χ2n) is 7.74. The molecule has 1 fully saturated rings. The van der Waals surface area contributed by atoms with Crippen LogP contribution >= 0.6 is 11.3 Å². The SMILES string of the molecule is OCC1CCCCN1CCCOc1ccc2[nH]c(-c3n[nH]c4ccsc34)cc2c1. The lowest BCUT2D eigenvalue weighted by atomic mass is 10.0. The molecule has 29 heavy (non-hydrogen) atoms. The van der Waals surface area contributed by atoms with Crippen LogP contribution in [0, 0.1) is 0 Å². The highest BCUT2D eigenvalue weighted by atomic mass is 32.1. The van der Waals surface area contributed by atoms with Crippen LogP contribution in [0.15, 0.2) is 35.7 Å². The van der Waals surface area contributed by atoms with Crippen molar-refractivity contribution < 1.29 is 9.84 Å². The number of benzene rings is 1. The molecule has 1 aliphatic rings. The molecule has 1 saturated heterocycles. The van der Waals surface area contributed by atoms with Gasteiger partial charge in [-0.3, -0.25) is 10.00 Å². The first-order valence-corrected chi connectivity index (χ1v) is 11.2. The van der Waals surface area contributed by atoms with E-state index in [1.54, 1.807) is 11.3 Å². The van der Waals surface area contributed by atoms with Gasteiger partial charge in [-0.2, -0.15) is 5.10 Å². The van der Waals surface area contributed by atoms with Crippen LogP contribution in [-0.2, 0) is 0 Å². The number of fused-ring (bicyclic) bond motifs is 2. The molecule has 1 aromatic carbocycles. The summed E-state index contributed by atoms with van der Waals surface area (Å²) in [4.78, 5) is 5.87. The zero-order valence-corrected chi connectivity index (χ0v) is 17.2. The van der Waals surface area contributed by atoms with Gasteiger partial charge in [-0.15, -0.1) is 11.3 Å². The first-order valence-electron chi connectivity index (χ1n) is 10.3. The number of likely N-dealkylation sites (tertiary alicyclic amines) is 1. The van der Waals surface area contributed by atoms with E-state index < -0.39 is 0 Å². The molecule has 0 radical (unpaired) electrons. The number of aliphatic hydroxyl groups is 1. The quantitative estimate of drug-likeness (QED) is 0.395. The maximum absolute atomic E-state index is 9.53. The minimum Gasteiger partial charge on any atom is -0.494 e. The summed E-state index contributed by atoms with van der Waals surface area (Å²) in [5.41, 5.74) is 4.14. The number of aromatic nitrogens is 3. The number of rotatable bonds is 7. The number of thiophene rings is 1. The molecule has 6 nitrogen and oxygen atoms in total. The fourth-order valence-corrected chi connectivity index (χ4v) is 5.13. The molecule has 3 aromatic heterocycles. The van der Waals surface area contributed by atoms with Crippen LogP contribution in [0.5, 0.6) is 5.75 Å². The fourth-order valence-electron chi connectivity index (χ4n) is 4.28. The van der Waals surface area contributed by atoms with E-state index in [0.717, 1.165) is 59.5 Å². The van der Waals surface area contributed by atoms with Crippen LogP contribution in [0.25, 0.3) is 32.5 Å². The molecule has 3 N–H and O–H groups in total. The number of nitrogens with one attached hydrogen (secondary N) is 2. The van der Waals surface area contributed by atoms with Crippen LogP contribution < -0.4 is 4.74 Å². The Morgan fingerprint density at radius 2 is 2.17 bits per heavy atom. The van der Waals surface area contributed by atoms with Crippen LogP contribution in [-0.4, -0.2) is 57.5 Å². The van der Waals surface area contributed by atoms with Gasteiger partial charge in [0.05, 0.1) is 29.1 Å². The molecule has 0 amide bonds. The summed E-state index contributed by atoms with van der Waals surface area (Å²) in [6.07, 6.45) is 4.54. The largest absolute Gasteiger partial charge is 0.494 e. The van der Waals surface area contributed by atoms with Gasteiger partial charge in [0.1, 0.15) is 11.4 Å². The third kappa shape index (κ3) is 3.77. The minimum atomic E-state index is 0.265. The Bertz CT molecular complexity index is 1100. The van der Waals surface area contributed by atoms with E-state index in [-0.39, 0.29) is 6.61 Å². The lowest BCUT2D eigenvalue weighted by molar-refractivity contribution is 0.0851. The second kappa shape index (κ2) is 8.18. The van der Waals surface area contributed by atoms with Crippen LogP contribution in [0.4, 0.5) is 0 Å². The molecule has 0 spiro atoms. The van der Waals surface area contributed by atoms with E-state index in [9.17, 15) is 5.11 Å². The summed E-state index contributed by atoms with van der Waals surface area (Å²) in [6.45, 7) is 3.03. The number of ether oxygens (including phenoxy) is 1. The van der Waals surface area contributed by atoms with Crippen molar-refractivity contribution in [3.63, 3.8) is 0 Å². The number of aromatic amines is 2. The monoisotopic (exact) mass is 410 g/mol. The van der Waals surface area contributed by atoms with Gasteiger partial charge in [0, 0.05) is 23.5 Å². The molecule has 7 heteroatoms. The molecule has 0 saturated carbocycles. The molecule has 1 unspecified atom stereocenters. The zero-order valence-electron chi connectivity index (χ0n) is 16.4.